The first kappa shape index (κ1) is 14.4. The van der Waals surface area contributed by atoms with E-state index in [1.165, 1.54) is 4.70 Å². The number of thiophene rings is 1. The summed E-state index contributed by atoms with van der Waals surface area (Å²) < 4.78 is 6.64. The maximum absolute atomic E-state index is 11.7. The maximum Gasteiger partial charge on any atom is 0.177 e. The van der Waals surface area contributed by atoms with Crippen LogP contribution in [0.3, 0.4) is 0 Å². The summed E-state index contributed by atoms with van der Waals surface area (Å²) in [6.45, 7) is 5.32. The summed E-state index contributed by atoms with van der Waals surface area (Å²) in [5, 5.41) is 6.37. The molecule has 2 aromatic rings. The first-order chi connectivity index (χ1) is 10.8. The maximum atomic E-state index is 11.7. The number of hydrogen-bond acceptors (Lipinski definition) is 5. The minimum absolute atomic E-state index is 0.365. The average Bonchev–Trinajstić information content (AvgIpc) is 2.96. The zero-order valence-corrected chi connectivity index (χ0v) is 13.8. The molecule has 0 spiro atoms. The minimum atomic E-state index is 0.365. The van der Waals surface area contributed by atoms with Gasteiger partial charge in [0.15, 0.2) is 5.58 Å². The molecular weight excluding hydrogens is 296 g/mol. The number of piperidine rings is 1. The summed E-state index contributed by atoms with van der Waals surface area (Å²) in [6.07, 6.45) is 4.12. The van der Waals surface area contributed by atoms with Crippen molar-refractivity contribution in [2.45, 2.75) is 38.5 Å². The van der Waals surface area contributed by atoms with Crippen LogP contribution in [0.25, 0.3) is 10.3 Å². The quantitative estimate of drug-likeness (QED) is 0.843. The number of aromatic nitrogens is 1. The molecule has 4 nitrogen and oxygen atoms in total. The molecule has 3 heterocycles. The highest BCUT2D eigenvalue weighted by Crippen LogP contribution is 2.42. The lowest BCUT2D eigenvalue weighted by Crippen LogP contribution is -2.35. The molecule has 2 atom stereocenters. The largest absolute Gasteiger partial charge is 0.355 e. The molecule has 0 bridgehead atoms. The van der Waals surface area contributed by atoms with Crippen LogP contribution in [-0.2, 0) is 4.79 Å². The molecule has 1 saturated heterocycles. The fraction of sp³-hybridized carbons (Fsp3) is 0.647. The molecule has 4 rings (SSSR count). The van der Waals surface area contributed by atoms with E-state index in [0.29, 0.717) is 30.0 Å². The van der Waals surface area contributed by atoms with Gasteiger partial charge in [-0.2, -0.15) is 0 Å². The summed E-state index contributed by atoms with van der Waals surface area (Å²) in [5.41, 5.74) is 2.09. The normalized spacial score (nSPS) is 26.6. The molecule has 1 aliphatic heterocycles. The van der Waals surface area contributed by atoms with Gasteiger partial charge in [0.05, 0.1) is 4.70 Å². The third-order valence-corrected chi connectivity index (χ3v) is 6.17. The van der Waals surface area contributed by atoms with Crippen LogP contribution in [0.1, 0.15) is 44.2 Å². The lowest BCUT2D eigenvalue weighted by molar-refractivity contribution is -0.120. The first-order valence-electron chi connectivity index (χ1n) is 8.34. The lowest BCUT2D eigenvalue weighted by atomic mass is 9.93. The van der Waals surface area contributed by atoms with Crippen molar-refractivity contribution < 1.29 is 9.32 Å². The highest BCUT2D eigenvalue weighted by Gasteiger charge is 2.42. The molecule has 0 aromatic carbocycles. The number of ketones is 1. The van der Waals surface area contributed by atoms with Crippen LogP contribution in [-0.4, -0.2) is 35.5 Å². The summed E-state index contributed by atoms with van der Waals surface area (Å²) in [4.78, 5) is 14.2. The molecule has 5 heteroatoms. The van der Waals surface area contributed by atoms with Crippen molar-refractivity contribution in [3.05, 3.63) is 17.1 Å². The molecule has 2 fully saturated rings. The number of rotatable bonds is 5. The van der Waals surface area contributed by atoms with E-state index in [4.69, 9.17) is 4.52 Å². The number of carbonyl (C=O) groups is 1. The van der Waals surface area contributed by atoms with Crippen LogP contribution in [0.2, 0.25) is 0 Å². The summed E-state index contributed by atoms with van der Waals surface area (Å²) >= 11 is 1.73. The van der Waals surface area contributed by atoms with Gasteiger partial charge in [-0.25, -0.2) is 0 Å². The monoisotopic (exact) mass is 318 g/mol. The molecule has 0 radical (unpaired) electrons. The van der Waals surface area contributed by atoms with Crippen molar-refractivity contribution in [3.63, 3.8) is 0 Å². The molecule has 0 amide bonds. The van der Waals surface area contributed by atoms with Gasteiger partial charge in [-0.05, 0) is 49.7 Å². The fourth-order valence-electron chi connectivity index (χ4n) is 3.78. The average molecular weight is 318 g/mol. The third-order valence-electron chi connectivity index (χ3n) is 5.26. The van der Waals surface area contributed by atoms with Crippen molar-refractivity contribution in [2.75, 3.05) is 19.6 Å². The van der Waals surface area contributed by atoms with Gasteiger partial charge in [0.25, 0.3) is 0 Å². The second-order valence-electron chi connectivity index (χ2n) is 6.68. The van der Waals surface area contributed by atoms with Gasteiger partial charge in [-0.15, -0.1) is 11.3 Å². The van der Waals surface area contributed by atoms with Crippen LogP contribution >= 0.6 is 11.3 Å². The molecule has 118 valence electrons. The Morgan fingerprint density at radius 3 is 3.05 bits per heavy atom. The number of carbonyl (C=O) groups excluding carboxylic acids is 1. The van der Waals surface area contributed by atoms with Crippen LogP contribution < -0.4 is 0 Å². The molecule has 22 heavy (non-hydrogen) atoms. The first-order valence-corrected chi connectivity index (χ1v) is 9.22. The zero-order valence-electron chi connectivity index (χ0n) is 13.0. The van der Waals surface area contributed by atoms with E-state index in [9.17, 15) is 4.79 Å². The number of hydrogen-bond donors (Lipinski definition) is 0. The summed E-state index contributed by atoms with van der Waals surface area (Å²) in [7, 11) is 0. The van der Waals surface area contributed by atoms with E-state index in [1.807, 2.05) is 13.0 Å². The lowest BCUT2D eigenvalue weighted by Gasteiger charge is -2.31. The van der Waals surface area contributed by atoms with Gasteiger partial charge >= 0.3 is 0 Å². The third kappa shape index (κ3) is 2.61. The minimum Gasteiger partial charge on any atom is -0.355 e. The van der Waals surface area contributed by atoms with Crippen LogP contribution in [0.15, 0.2) is 16.0 Å². The van der Waals surface area contributed by atoms with E-state index >= 15 is 0 Å². The van der Waals surface area contributed by atoms with Crippen LogP contribution in [0.5, 0.6) is 0 Å². The Kier molecular flexibility index (Phi) is 3.78. The summed E-state index contributed by atoms with van der Waals surface area (Å²) in [6, 6.07) is 2.00. The van der Waals surface area contributed by atoms with Gasteiger partial charge < -0.3 is 9.42 Å². The standard InChI is InChI=1S/C17H22N2O2S/c1-2-14(20)13-9-12(13)10-19-6-3-11(4-7-19)16-17-15(21-18-16)5-8-22-17/h5,8,11-13H,2-4,6-7,9-10H2,1H3/t12?,13-/m0/s1. The molecule has 2 aromatic heterocycles. The highest BCUT2D eigenvalue weighted by molar-refractivity contribution is 7.17. The second kappa shape index (κ2) is 5.78. The van der Waals surface area contributed by atoms with Crippen molar-refractivity contribution in [2.24, 2.45) is 11.8 Å². The van der Waals surface area contributed by atoms with Crippen LogP contribution in [0, 0.1) is 11.8 Å². The topological polar surface area (TPSA) is 46.3 Å². The van der Waals surface area contributed by atoms with E-state index in [1.54, 1.807) is 11.3 Å². The Labute approximate surface area is 134 Å². The number of fused-ring (bicyclic) bond motifs is 1. The Bertz CT molecular complexity index is 669. The number of likely N-dealkylation sites (tertiary alicyclic amines) is 1. The molecule has 1 saturated carbocycles. The van der Waals surface area contributed by atoms with E-state index < -0.39 is 0 Å². The molecule has 1 aliphatic carbocycles. The SMILES string of the molecule is CCC(=O)[C@H]1CC1CN1CCC(c2noc3ccsc23)CC1. The molecule has 0 N–H and O–H groups in total. The van der Waals surface area contributed by atoms with Gasteiger partial charge in [0.2, 0.25) is 0 Å². The number of Topliss-reactive ketones (excluding diaryl/α,β-unsaturated/α-hetero) is 1. The number of nitrogens with zero attached hydrogens (tertiary/aromatic N) is 2. The van der Waals surface area contributed by atoms with E-state index in [-0.39, 0.29) is 0 Å². The van der Waals surface area contributed by atoms with Gasteiger partial charge in [-0.1, -0.05) is 12.1 Å². The molecule has 2 aliphatic rings. The zero-order chi connectivity index (χ0) is 15.1. The van der Waals surface area contributed by atoms with Gasteiger partial charge in [0, 0.05) is 24.8 Å². The molecular formula is C17H22N2O2S. The predicted octanol–water partition coefficient (Wildman–Crippen LogP) is 3.68. The van der Waals surface area contributed by atoms with Gasteiger partial charge in [-0.3, -0.25) is 4.79 Å². The fourth-order valence-corrected chi connectivity index (χ4v) is 4.66. The van der Waals surface area contributed by atoms with Crippen molar-refractivity contribution in [1.29, 1.82) is 0 Å². The van der Waals surface area contributed by atoms with Crippen molar-refractivity contribution in [1.82, 2.24) is 10.1 Å². The van der Waals surface area contributed by atoms with Crippen molar-refractivity contribution in [3.8, 4) is 0 Å². The Hall–Kier alpha value is -1.20. The Balaban J connectivity index is 1.32. The van der Waals surface area contributed by atoms with Gasteiger partial charge in [0.1, 0.15) is 11.5 Å². The smallest absolute Gasteiger partial charge is 0.177 e. The van der Waals surface area contributed by atoms with E-state index in [0.717, 1.165) is 50.2 Å². The highest BCUT2D eigenvalue weighted by atomic mass is 32.1. The Morgan fingerprint density at radius 1 is 1.45 bits per heavy atom. The summed E-state index contributed by atoms with van der Waals surface area (Å²) in [5.74, 6) is 1.98. The van der Waals surface area contributed by atoms with Crippen LogP contribution in [0.4, 0.5) is 0 Å². The second-order valence-corrected chi connectivity index (χ2v) is 7.59. The van der Waals surface area contributed by atoms with Crippen molar-refractivity contribution >= 4 is 27.4 Å². The predicted molar refractivity (Wildman–Crippen MR) is 87.2 cm³/mol. The Morgan fingerprint density at radius 2 is 2.27 bits per heavy atom. The molecule has 1 unspecified atom stereocenters. The van der Waals surface area contributed by atoms with E-state index in [2.05, 4.69) is 15.4 Å².